The maximum absolute atomic E-state index is 11.7. The third kappa shape index (κ3) is 4.59. The average Bonchev–Trinajstić information content (AvgIpc) is 2.59. The van der Waals surface area contributed by atoms with Crippen molar-refractivity contribution in [3.05, 3.63) is 71.8 Å². The van der Waals surface area contributed by atoms with Crippen LogP contribution in [-0.2, 0) is 4.84 Å². The van der Waals surface area contributed by atoms with Crippen molar-refractivity contribution in [2.24, 2.45) is 5.16 Å². The van der Waals surface area contributed by atoms with Crippen molar-refractivity contribution in [2.75, 3.05) is 7.11 Å². The van der Waals surface area contributed by atoms with E-state index in [2.05, 4.69) is 5.16 Å². The summed E-state index contributed by atoms with van der Waals surface area (Å²) in [6.45, 7) is 1.76. The van der Waals surface area contributed by atoms with Crippen molar-refractivity contribution in [3.8, 4) is 5.75 Å². The summed E-state index contributed by atoms with van der Waals surface area (Å²) >= 11 is 0. The van der Waals surface area contributed by atoms with Gasteiger partial charge in [0.05, 0.1) is 18.4 Å². The quantitative estimate of drug-likeness (QED) is 0.477. The molecule has 2 rings (SSSR count). The van der Waals surface area contributed by atoms with Gasteiger partial charge < -0.3 is 9.57 Å². The zero-order valence-electron chi connectivity index (χ0n) is 12.5. The van der Waals surface area contributed by atoms with Crippen LogP contribution < -0.4 is 4.74 Å². The molecule has 0 bridgehead atoms. The lowest BCUT2D eigenvalue weighted by molar-refractivity contribution is 0.0516. The molecule has 0 unspecified atom stereocenters. The van der Waals surface area contributed by atoms with Gasteiger partial charge in [-0.15, -0.1) is 0 Å². The lowest BCUT2D eigenvalue weighted by Crippen LogP contribution is -2.01. The Morgan fingerprint density at radius 1 is 1.05 bits per heavy atom. The van der Waals surface area contributed by atoms with E-state index in [0.717, 1.165) is 11.3 Å². The summed E-state index contributed by atoms with van der Waals surface area (Å²) in [6.07, 6.45) is 3.66. The number of carbonyl (C=O) groups excluding carboxylic acids is 1. The van der Waals surface area contributed by atoms with Crippen molar-refractivity contribution in [2.45, 2.75) is 6.92 Å². The number of hydrogen-bond acceptors (Lipinski definition) is 4. The molecule has 0 aromatic heterocycles. The highest BCUT2D eigenvalue weighted by molar-refractivity contribution is 5.97. The van der Waals surface area contributed by atoms with E-state index in [1.54, 1.807) is 44.4 Å². The summed E-state index contributed by atoms with van der Waals surface area (Å²) in [5.41, 5.74) is 2.07. The summed E-state index contributed by atoms with van der Waals surface area (Å²) in [7, 11) is 1.63. The van der Waals surface area contributed by atoms with Crippen LogP contribution in [0.2, 0.25) is 0 Å². The van der Waals surface area contributed by atoms with Gasteiger partial charge in [0.1, 0.15) is 5.75 Å². The SMILES string of the molecule is COc1ccc(/C=C/C(C)=N/OC(=O)c2ccccc2)cc1. The van der Waals surface area contributed by atoms with Gasteiger partial charge in [0, 0.05) is 0 Å². The van der Waals surface area contributed by atoms with Crippen LogP contribution in [0.4, 0.5) is 0 Å². The molecule has 112 valence electrons. The average molecular weight is 295 g/mol. The van der Waals surface area contributed by atoms with E-state index < -0.39 is 5.97 Å². The van der Waals surface area contributed by atoms with Crippen LogP contribution >= 0.6 is 0 Å². The van der Waals surface area contributed by atoms with Gasteiger partial charge in [0.15, 0.2) is 0 Å². The van der Waals surface area contributed by atoms with E-state index >= 15 is 0 Å². The highest BCUT2D eigenvalue weighted by Gasteiger charge is 2.05. The predicted molar refractivity (Wildman–Crippen MR) is 87.0 cm³/mol. The molecule has 0 radical (unpaired) electrons. The van der Waals surface area contributed by atoms with Crippen LogP contribution in [0.25, 0.3) is 6.08 Å². The summed E-state index contributed by atoms with van der Waals surface area (Å²) in [5, 5.41) is 3.80. The Bertz CT molecular complexity index is 673. The van der Waals surface area contributed by atoms with Gasteiger partial charge in [-0.2, -0.15) is 0 Å². The van der Waals surface area contributed by atoms with Crippen molar-refractivity contribution < 1.29 is 14.4 Å². The number of rotatable bonds is 5. The fraction of sp³-hybridized carbons (Fsp3) is 0.111. The molecule has 0 heterocycles. The largest absolute Gasteiger partial charge is 0.497 e. The van der Waals surface area contributed by atoms with Crippen LogP contribution in [-0.4, -0.2) is 18.8 Å². The molecule has 0 atom stereocenters. The number of ether oxygens (including phenoxy) is 1. The molecular formula is C18H17NO3. The van der Waals surface area contributed by atoms with Gasteiger partial charge in [0.2, 0.25) is 0 Å². The Morgan fingerprint density at radius 2 is 1.73 bits per heavy atom. The number of hydrogen-bond donors (Lipinski definition) is 0. The summed E-state index contributed by atoms with van der Waals surface area (Å²) < 4.78 is 5.10. The first-order chi connectivity index (χ1) is 10.7. The van der Waals surface area contributed by atoms with Crippen molar-refractivity contribution in [1.82, 2.24) is 0 Å². The van der Waals surface area contributed by atoms with Gasteiger partial charge in [0.25, 0.3) is 0 Å². The second kappa shape index (κ2) is 7.78. The van der Waals surface area contributed by atoms with E-state index in [0.29, 0.717) is 11.3 Å². The van der Waals surface area contributed by atoms with Crippen molar-refractivity contribution in [1.29, 1.82) is 0 Å². The molecule has 0 aliphatic heterocycles. The normalized spacial score (nSPS) is 11.5. The van der Waals surface area contributed by atoms with Crippen molar-refractivity contribution >= 4 is 17.8 Å². The highest BCUT2D eigenvalue weighted by Crippen LogP contribution is 2.12. The molecule has 2 aromatic carbocycles. The van der Waals surface area contributed by atoms with Crippen molar-refractivity contribution in [3.63, 3.8) is 0 Å². The van der Waals surface area contributed by atoms with E-state index in [1.165, 1.54) is 0 Å². The van der Waals surface area contributed by atoms with Crippen LogP contribution in [0.15, 0.2) is 65.8 Å². The first-order valence-electron chi connectivity index (χ1n) is 6.82. The van der Waals surface area contributed by atoms with Crippen LogP contribution in [0.5, 0.6) is 5.75 Å². The number of oxime groups is 1. The maximum Gasteiger partial charge on any atom is 0.365 e. The number of carbonyl (C=O) groups is 1. The standard InChI is InChI=1S/C18H17NO3/c1-14(8-9-15-10-12-17(21-2)13-11-15)19-22-18(20)16-6-4-3-5-7-16/h3-13H,1-2H3/b9-8+,19-14+. The highest BCUT2D eigenvalue weighted by atomic mass is 16.7. The molecule has 0 amide bonds. The third-order valence-corrected chi connectivity index (χ3v) is 2.91. The minimum absolute atomic E-state index is 0.471. The maximum atomic E-state index is 11.7. The second-order valence-corrected chi connectivity index (χ2v) is 4.58. The Kier molecular flexibility index (Phi) is 5.49. The van der Waals surface area contributed by atoms with Gasteiger partial charge >= 0.3 is 5.97 Å². The number of allylic oxidation sites excluding steroid dienone is 1. The molecule has 0 saturated heterocycles. The van der Waals surface area contributed by atoms with Gasteiger partial charge in [-0.25, -0.2) is 4.79 Å². The number of benzene rings is 2. The molecule has 4 nitrogen and oxygen atoms in total. The lowest BCUT2D eigenvalue weighted by atomic mass is 10.2. The van der Waals surface area contributed by atoms with E-state index in [4.69, 9.17) is 9.57 Å². The van der Waals surface area contributed by atoms with E-state index in [-0.39, 0.29) is 0 Å². The van der Waals surface area contributed by atoms with Gasteiger partial charge in [-0.3, -0.25) is 0 Å². The monoisotopic (exact) mass is 295 g/mol. The van der Waals surface area contributed by atoms with Crippen LogP contribution in [0.1, 0.15) is 22.8 Å². The Labute approximate surface area is 129 Å². The zero-order chi connectivity index (χ0) is 15.8. The third-order valence-electron chi connectivity index (χ3n) is 2.91. The van der Waals surface area contributed by atoms with E-state index in [1.807, 2.05) is 36.4 Å². The minimum atomic E-state index is -0.474. The smallest absolute Gasteiger partial charge is 0.365 e. The molecule has 0 saturated carbocycles. The molecule has 22 heavy (non-hydrogen) atoms. The fourth-order valence-electron chi connectivity index (χ4n) is 1.70. The van der Waals surface area contributed by atoms with Gasteiger partial charge in [-0.1, -0.05) is 41.6 Å². The fourth-order valence-corrected chi connectivity index (χ4v) is 1.70. The molecule has 0 aliphatic carbocycles. The Balaban J connectivity index is 1.94. The van der Waals surface area contributed by atoms with E-state index in [9.17, 15) is 4.79 Å². The lowest BCUT2D eigenvalue weighted by Gasteiger charge is -1.99. The summed E-state index contributed by atoms with van der Waals surface area (Å²) in [4.78, 5) is 16.6. The Hall–Kier alpha value is -2.88. The summed E-state index contributed by atoms with van der Waals surface area (Å²) in [5.74, 6) is 0.331. The first kappa shape index (κ1) is 15.5. The molecule has 0 aliphatic rings. The van der Waals surface area contributed by atoms with Crippen LogP contribution in [0.3, 0.4) is 0 Å². The topological polar surface area (TPSA) is 47.9 Å². The number of nitrogens with zero attached hydrogens (tertiary/aromatic N) is 1. The minimum Gasteiger partial charge on any atom is -0.497 e. The predicted octanol–water partition coefficient (Wildman–Crippen LogP) is 3.94. The molecule has 0 N–H and O–H groups in total. The molecule has 2 aromatic rings. The summed E-state index contributed by atoms with van der Waals surface area (Å²) in [6, 6.07) is 16.4. The molecular weight excluding hydrogens is 278 g/mol. The zero-order valence-corrected chi connectivity index (χ0v) is 12.5. The second-order valence-electron chi connectivity index (χ2n) is 4.58. The molecule has 4 heteroatoms. The Morgan fingerprint density at radius 3 is 2.36 bits per heavy atom. The number of methoxy groups -OCH3 is 1. The van der Waals surface area contributed by atoms with Gasteiger partial charge in [-0.05, 0) is 42.8 Å². The molecule has 0 spiro atoms. The van der Waals surface area contributed by atoms with Crippen LogP contribution in [0, 0.1) is 0 Å². The first-order valence-corrected chi connectivity index (χ1v) is 6.82. The molecule has 0 fully saturated rings.